The Bertz CT molecular complexity index is 849. The summed E-state index contributed by atoms with van der Waals surface area (Å²) in [7, 11) is 0. The number of carbonyl (C=O) groups is 2. The molecule has 142 valence electrons. The Morgan fingerprint density at radius 1 is 1.15 bits per heavy atom. The Morgan fingerprint density at radius 2 is 1.85 bits per heavy atom. The van der Waals surface area contributed by atoms with Gasteiger partial charge in [0.2, 0.25) is 5.91 Å². The monoisotopic (exact) mass is 369 g/mol. The number of hydrogen-bond donors (Lipinski definition) is 1. The van der Waals surface area contributed by atoms with Crippen molar-refractivity contribution in [3.05, 3.63) is 59.4 Å². The van der Waals surface area contributed by atoms with E-state index in [0.717, 1.165) is 5.69 Å². The van der Waals surface area contributed by atoms with Crippen LogP contribution in [0.5, 0.6) is 0 Å². The Hall–Kier alpha value is -2.89. The van der Waals surface area contributed by atoms with Gasteiger partial charge in [0.1, 0.15) is 12.4 Å². The summed E-state index contributed by atoms with van der Waals surface area (Å²) < 4.78 is 13.6. The van der Waals surface area contributed by atoms with Gasteiger partial charge in [0.05, 0.1) is 0 Å². The van der Waals surface area contributed by atoms with Crippen LogP contribution in [0.2, 0.25) is 0 Å². The lowest BCUT2D eigenvalue weighted by atomic mass is 10.0. The molecule has 27 heavy (non-hydrogen) atoms. The highest BCUT2D eigenvalue weighted by atomic mass is 19.1. The van der Waals surface area contributed by atoms with E-state index in [4.69, 9.17) is 0 Å². The van der Waals surface area contributed by atoms with Crippen LogP contribution in [-0.4, -0.2) is 36.5 Å². The van der Waals surface area contributed by atoms with Crippen molar-refractivity contribution in [2.75, 3.05) is 29.9 Å². The van der Waals surface area contributed by atoms with Gasteiger partial charge in [-0.15, -0.1) is 0 Å². The van der Waals surface area contributed by atoms with Crippen LogP contribution in [0, 0.1) is 12.7 Å². The fourth-order valence-electron chi connectivity index (χ4n) is 3.05. The Labute approximate surface area is 158 Å². The molecule has 1 fully saturated rings. The molecule has 0 saturated carbocycles. The fourth-order valence-corrected chi connectivity index (χ4v) is 3.05. The number of amides is 3. The van der Waals surface area contributed by atoms with Crippen LogP contribution >= 0.6 is 0 Å². The van der Waals surface area contributed by atoms with Crippen molar-refractivity contribution in [3.8, 4) is 0 Å². The number of urea groups is 1. The maximum absolute atomic E-state index is 13.6. The zero-order chi connectivity index (χ0) is 19.6. The molecule has 0 radical (unpaired) electrons. The quantitative estimate of drug-likeness (QED) is 0.861. The lowest BCUT2D eigenvalue weighted by molar-refractivity contribution is -0.116. The largest absolute Gasteiger partial charge is 0.325 e. The normalized spacial score (nSPS) is 14.2. The average Bonchev–Trinajstić information content (AvgIpc) is 2.99. The minimum absolute atomic E-state index is 0.0606. The molecular weight excluding hydrogens is 345 g/mol. The lowest BCUT2D eigenvalue weighted by Gasteiger charge is -2.19. The van der Waals surface area contributed by atoms with Gasteiger partial charge >= 0.3 is 6.03 Å². The third-order valence-electron chi connectivity index (χ3n) is 4.76. The molecule has 1 saturated heterocycles. The average molecular weight is 369 g/mol. The van der Waals surface area contributed by atoms with Gasteiger partial charge in [0.15, 0.2) is 0 Å². The van der Waals surface area contributed by atoms with Gasteiger partial charge in [-0.1, -0.05) is 32.0 Å². The van der Waals surface area contributed by atoms with Gasteiger partial charge in [-0.2, -0.15) is 0 Å². The number of benzene rings is 2. The van der Waals surface area contributed by atoms with Gasteiger partial charge in [-0.3, -0.25) is 9.69 Å². The van der Waals surface area contributed by atoms with Crippen LogP contribution in [0.1, 0.15) is 30.9 Å². The summed E-state index contributed by atoms with van der Waals surface area (Å²) in [6.45, 7) is 6.85. The maximum Gasteiger partial charge on any atom is 0.325 e. The molecular formula is C21H24FN3O2. The molecule has 0 aliphatic carbocycles. The molecule has 5 nitrogen and oxygen atoms in total. The highest BCUT2D eigenvalue weighted by Crippen LogP contribution is 2.23. The SMILES string of the molecule is Cc1ccc(NC(=O)CN2CCN(c3ccc(C(C)C)cc3)C2=O)cc1F. The van der Waals surface area contributed by atoms with E-state index in [2.05, 4.69) is 19.2 Å². The van der Waals surface area contributed by atoms with E-state index in [-0.39, 0.29) is 24.3 Å². The van der Waals surface area contributed by atoms with Gasteiger partial charge < -0.3 is 10.2 Å². The predicted octanol–water partition coefficient (Wildman–Crippen LogP) is 4.14. The lowest BCUT2D eigenvalue weighted by Crippen LogP contribution is -2.37. The van der Waals surface area contributed by atoms with Crippen LogP contribution in [-0.2, 0) is 4.79 Å². The van der Waals surface area contributed by atoms with Gasteiger partial charge in [-0.25, -0.2) is 9.18 Å². The number of aryl methyl sites for hydroxylation is 1. The highest BCUT2D eigenvalue weighted by Gasteiger charge is 2.30. The Kier molecular flexibility index (Phi) is 5.44. The first-order chi connectivity index (χ1) is 12.8. The van der Waals surface area contributed by atoms with E-state index < -0.39 is 0 Å². The molecule has 1 aliphatic rings. The Balaban J connectivity index is 1.61. The second-order valence-corrected chi connectivity index (χ2v) is 7.11. The summed E-state index contributed by atoms with van der Waals surface area (Å²) in [6, 6.07) is 12.2. The predicted molar refractivity (Wildman–Crippen MR) is 105 cm³/mol. The number of nitrogens with zero attached hydrogens (tertiary/aromatic N) is 2. The van der Waals surface area contributed by atoms with Crippen molar-refractivity contribution in [2.45, 2.75) is 26.7 Å². The van der Waals surface area contributed by atoms with Crippen LogP contribution in [0.15, 0.2) is 42.5 Å². The van der Waals surface area contributed by atoms with Crippen LogP contribution < -0.4 is 10.2 Å². The van der Waals surface area contributed by atoms with Crippen molar-refractivity contribution in [2.24, 2.45) is 0 Å². The van der Waals surface area contributed by atoms with Gasteiger partial charge in [-0.05, 0) is 48.2 Å². The third-order valence-corrected chi connectivity index (χ3v) is 4.76. The summed E-state index contributed by atoms with van der Waals surface area (Å²) >= 11 is 0. The molecule has 2 aromatic carbocycles. The van der Waals surface area contributed by atoms with E-state index >= 15 is 0 Å². The third kappa shape index (κ3) is 4.27. The van der Waals surface area contributed by atoms with Gasteiger partial charge in [0.25, 0.3) is 0 Å². The van der Waals surface area contributed by atoms with Crippen molar-refractivity contribution >= 4 is 23.3 Å². The van der Waals surface area contributed by atoms with Crippen LogP contribution in [0.25, 0.3) is 0 Å². The second kappa shape index (κ2) is 7.78. The molecule has 0 bridgehead atoms. The highest BCUT2D eigenvalue weighted by molar-refractivity contribution is 5.99. The smallest absolute Gasteiger partial charge is 0.324 e. The number of nitrogens with one attached hydrogen (secondary N) is 1. The fraction of sp³-hybridized carbons (Fsp3) is 0.333. The summed E-state index contributed by atoms with van der Waals surface area (Å²) in [5.74, 6) is -0.287. The molecule has 0 spiro atoms. The molecule has 3 rings (SSSR count). The van der Waals surface area contributed by atoms with E-state index in [1.807, 2.05) is 24.3 Å². The molecule has 1 aliphatic heterocycles. The summed E-state index contributed by atoms with van der Waals surface area (Å²) in [4.78, 5) is 28.0. The molecule has 1 N–H and O–H groups in total. The zero-order valence-corrected chi connectivity index (χ0v) is 15.8. The second-order valence-electron chi connectivity index (χ2n) is 7.11. The van der Waals surface area contributed by atoms with Gasteiger partial charge in [0, 0.05) is 24.5 Å². The molecule has 3 amide bonds. The van der Waals surface area contributed by atoms with Crippen molar-refractivity contribution in [1.82, 2.24) is 4.90 Å². The first-order valence-electron chi connectivity index (χ1n) is 9.07. The maximum atomic E-state index is 13.6. The number of halogens is 1. The Morgan fingerprint density at radius 3 is 2.48 bits per heavy atom. The van der Waals surface area contributed by atoms with E-state index in [9.17, 15) is 14.0 Å². The van der Waals surface area contributed by atoms with Crippen molar-refractivity contribution < 1.29 is 14.0 Å². The van der Waals surface area contributed by atoms with E-state index in [1.165, 1.54) is 16.5 Å². The molecule has 0 atom stereocenters. The number of rotatable bonds is 5. The first-order valence-corrected chi connectivity index (χ1v) is 9.07. The summed E-state index contributed by atoms with van der Waals surface area (Å²) in [6.07, 6.45) is 0. The number of carbonyl (C=O) groups excluding carboxylic acids is 2. The number of hydrogen-bond acceptors (Lipinski definition) is 2. The van der Waals surface area contributed by atoms with E-state index in [1.54, 1.807) is 24.0 Å². The minimum Gasteiger partial charge on any atom is -0.324 e. The van der Waals surface area contributed by atoms with Crippen molar-refractivity contribution in [3.63, 3.8) is 0 Å². The zero-order valence-electron chi connectivity index (χ0n) is 15.8. The molecule has 2 aromatic rings. The van der Waals surface area contributed by atoms with Crippen LogP contribution in [0.3, 0.4) is 0 Å². The molecule has 1 heterocycles. The summed E-state index contributed by atoms with van der Waals surface area (Å²) in [5.41, 5.74) is 2.94. The minimum atomic E-state index is -0.374. The van der Waals surface area contributed by atoms with Crippen LogP contribution in [0.4, 0.5) is 20.6 Å². The number of anilines is 2. The van der Waals surface area contributed by atoms with Crippen molar-refractivity contribution in [1.29, 1.82) is 0 Å². The first kappa shape index (κ1) is 18.9. The standard InChI is InChI=1S/C21H24FN3O2/c1-14(2)16-5-8-18(9-6-16)25-11-10-24(21(25)27)13-20(26)23-17-7-4-15(3)19(22)12-17/h4-9,12,14H,10-11,13H2,1-3H3,(H,23,26). The summed E-state index contributed by atoms with van der Waals surface area (Å²) in [5, 5.41) is 2.64. The van der Waals surface area contributed by atoms with E-state index in [0.29, 0.717) is 30.3 Å². The molecule has 6 heteroatoms. The molecule has 0 aromatic heterocycles. The molecule has 0 unspecified atom stereocenters. The topological polar surface area (TPSA) is 52.7 Å².